The first-order valence-electron chi connectivity index (χ1n) is 12.1. The van der Waals surface area contributed by atoms with Crippen molar-refractivity contribution >= 4 is 40.7 Å². The van der Waals surface area contributed by atoms with Gasteiger partial charge < -0.3 is 24.5 Å². The lowest BCUT2D eigenvalue weighted by molar-refractivity contribution is -0.252. The molecule has 0 saturated carbocycles. The van der Waals surface area contributed by atoms with Gasteiger partial charge in [0.05, 0.1) is 31.7 Å². The molecule has 1 fully saturated rings. The molecule has 4 rings (SSSR count). The number of amides is 2. The number of aliphatic hydroxyl groups is 1. The maximum atomic E-state index is 12.2. The highest BCUT2D eigenvalue weighted by atomic mass is 35.5. The Kier molecular flexibility index (Phi) is 9.73. The summed E-state index contributed by atoms with van der Waals surface area (Å²) in [6, 6.07) is 14.7. The normalized spacial score (nSPS) is 19.2. The molecule has 3 aromatic rings. The van der Waals surface area contributed by atoms with Gasteiger partial charge in [-0.3, -0.25) is 14.8 Å². The maximum Gasteiger partial charge on any atom is 0.243 e. The van der Waals surface area contributed by atoms with Crippen LogP contribution in [0.3, 0.4) is 0 Å². The fourth-order valence-corrected chi connectivity index (χ4v) is 4.45. The lowest BCUT2D eigenvalue weighted by Crippen LogP contribution is -2.32. The van der Waals surface area contributed by atoms with Crippen LogP contribution >= 0.6 is 23.2 Å². The summed E-state index contributed by atoms with van der Waals surface area (Å²) in [6.45, 7) is 0.382. The SMILES string of the molecule is O=C(CCCC(=O)Nc1ccc(C2OC(Cn3cnc(Cl)c3Cl)CC(c3ccc(CO)cc3)O2)cc1)NO. The lowest BCUT2D eigenvalue weighted by Gasteiger charge is -2.36. The van der Waals surface area contributed by atoms with Crippen LogP contribution in [-0.4, -0.2) is 37.8 Å². The number of aliphatic hydroxyl groups excluding tert-OH is 1. The molecule has 2 aromatic carbocycles. The van der Waals surface area contributed by atoms with Crippen LogP contribution in [0.4, 0.5) is 5.69 Å². The van der Waals surface area contributed by atoms with Gasteiger partial charge >= 0.3 is 0 Å². The first kappa shape index (κ1) is 28.0. The molecule has 3 unspecified atom stereocenters. The summed E-state index contributed by atoms with van der Waals surface area (Å²) in [5, 5.41) is 21.3. The molecule has 0 radical (unpaired) electrons. The average Bonchev–Trinajstić information content (AvgIpc) is 3.25. The van der Waals surface area contributed by atoms with Gasteiger partial charge in [0, 0.05) is 30.5 Å². The van der Waals surface area contributed by atoms with Crippen LogP contribution in [0.1, 0.15) is 54.8 Å². The summed E-state index contributed by atoms with van der Waals surface area (Å²) in [4.78, 5) is 27.3. The zero-order chi connectivity index (χ0) is 27.1. The molecule has 202 valence electrons. The number of anilines is 1. The van der Waals surface area contributed by atoms with E-state index in [2.05, 4.69) is 10.3 Å². The fraction of sp³-hybridized carbons (Fsp3) is 0.346. The van der Waals surface area contributed by atoms with Crippen LogP contribution < -0.4 is 10.8 Å². The molecule has 2 heterocycles. The summed E-state index contributed by atoms with van der Waals surface area (Å²) < 4.78 is 14.3. The molecule has 10 nitrogen and oxygen atoms in total. The molecule has 1 saturated heterocycles. The quantitative estimate of drug-likeness (QED) is 0.210. The molecule has 2 amide bonds. The Morgan fingerprint density at radius 3 is 2.32 bits per heavy atom. The molecule has 38 heavy (non-hydrogen) atoms. The molecule has 4 N–H and O–H groups in total. The molecule has 1 aromatic heterocycles. The van der Waals surface area contributed by atoms with E-state index in [1.54, 1.807) is 28.5 Å². The van der Waals surface area contributed by atoms with Gasteiger partial charge in [0.25, 0.3) is 0 Å². The van der Waals surface area contributed by atoms with Gasteiger partial charge in [-0.15, -0.1) is 0 Å². The van der Waals surface area contributed by atoms with Crippen molar-refractivity contribution in [2.45, 2.75) is 57.3 Å². The van der Waals surface area contributed by atoms with Crippen molar-refractivity contribution in [2.24, 2.45) is 0 Å². The standard InChI is InChI=1S/C26H28Cl2N4O6/c27-24-25(28)32(15-29-24)13-20-12-21(17-6-4-16(14-33)5-7-17)38-26(37-20)18-8-10-19(11-9-18)30-22(34)2-1-3-23(35)31-36/h4-11,15,20-21,26,33,36H,1-3,12-14H2,(H,30,34)(H,31,35). The van der Waals surface area contributed by atoms with Crippen molar-refractivity contribution in [1.29, 1.82) is 0 Å². The van der Waals surface area contributed by atoms with Gasteiger partial charge in [-0.25, -0.2) is 10.5 Å². The Bertz CT molecular complexity index is 1240. The van der Waals surface area contributed by atoms with E-state index in [1.807, 2.05) is 36.4 Å². The fourth-order valence-electron chi connectivity index (χ4n) is 4.13. The van der Waals surface area contributed by atoms with E-state index >= 15 is 0 Å². The van der Waals surface area contributed by atoms with E-state index in [1.165, 1.54) is 0 Å². The first-order valence-corrected chi connectivity index (χ1v) is 12.8. The van der Waals surface area contributed by atoms with Crippen LogP contribution in [0.2, 0.25) is 10.3 Å². The van der Waals surface area contributed by atoms with E-state index in [4.69, 9.17) is 37.9 Å². The minimum Gasteiger partial charge on any atom is -0.392 e. The first-order chi connectivity index (χ1) is 18.4. The summed E-state index contributed by atoms with van der Waals surface area (Å²) >= 11 is 12.3. The second-order valence-electron chi connectivity index (χ2n) is 8.89. The Labute approximate surface area is 229 Å². The Balaban J connectivity index is 1.46. The highest BCUT2D eigenvalue weighted by molar-refractivity contribution is 6.40. The largest absolute Gasteiger partial charge is 0.392 e. The van der Waals surface area contributed by atoms with E-state index in [0.717, 1.165) is 16.7 Å². The van der Waals surface area contributed by atoms with Crippen LogP contribution in [0, 0.1) is 0 Å². The van der Waals surface area contributed by atoms with Crippen LogP contribution in [-0.2, 0) is 32.2 Å². The molecule has 1 aliphatic rings. The number of nitrogens with one attached hydrogen (secondary N) is 2. The van der Waals surface area contributed by atoms with E-state index in [9.17, 15) is 14.7 Å². The third kappa shape index (κ3) is 7.31. The molecular weight excluding hydrogens is 535 g/mol. The number of carbonyl (C=O) groups excluding carboxylic acids is 2. The number of nitrogens with zero attached hydrogens (tertiary/aromatic N) is 2. The van der Waals surface area contributed by atoms with E-state index in [0.29, 0.717) is 30.2 Å². The van der Waals surface area contributed by atoms with Gasteiger partial charge in [0.1, 0.15) is 5.15 Å². The van der Waals surface area contributed by atoms with Crippen LogP contribution in [0.15, 0.2) is 54.9 Å². The minimum atomic E-state index is -0.684. The van der Waals surface area contributed by atoms with Gasteiger partial charge in [-0.2, -0.15) is 0 Å². The molecule has 12 heteroatoms. The number of hydrogen-bond acceptors (Lipinski definition) is 7. The predicted molar refractivity (Wildman–Crippen MR) is 140 cm³/mol. The highest BCUT2D eigenvalue weighted by Crippen LogP contribution is 2.39. The average molecular weight is 563 g/mol. The Hall–Kier alpha value is -2.99. The number of hydroxylamine groups is 1. The number of benzene rings is 2. The van der Waals surface area contributed by atoms with Gasteiger partial charge in [0.2, 0.25) is 11.8 Å². The van der Waals surface area contributed by atoms with Crippen molar-refractivity contribution in [3.05, 3.63) is 81.9 Å². The number of ether oxygens (including phenoxy) is 2. The van der Waals surface area contributed by atoms with Crippen molar-refractivity contribution < 1.29 is 29.4 Å². The summed E-state index contributed by atoms with van der Waals surface area (Å²) in [5.74, 6) is -0.773. The number of imidazole rings is 1. The van der Waals surface area contributed by atoms with E-state index in [-0.39, 0.29) is 42.7 Å². The zero-order valence-electron chi connectivity index (χ0n) is 20.3. The summed E-state index contributed by atoms with van der Waals surface area (Å²) in [7, 11) is 0. The number of rotatable bonds is 10. The summed E-state index contributed by atoms with van der Waals surface area (Å²) in [5.41, 5.74) is 4.66. The smallest absolute Gasteiger partial charge is 0.243 e. The molecular formula is C26H28Cl2N4O6. The highest BCUT2D eigenvalue weighted by Gasteiger charge is 2.33. The van der Waals surface area contributed by atoms with Crippen molar-refractivity contribution in [3.8, 4) is 0 Å². The summed E-state index contributed by atoms with van der Waals surface area (Å²) in [6.07, 6.45) is 1.41. The van der Waals surface area contributed by atoms with Crippen LogP contribution in [0.25, 0.3) is 0 Å². The molecule has 0 bridgehead atoms. The maximum absolute atomic E-state index is 12.2. The van der Waals surface area contributed by atoms with Gasteiger partial charge in [-0.05, 0) is 29.7 Å². The number of carbonyl (C=O) groups is 2. The second-order valence-corrected chi connectivity index (χ2v) is 9.60. The van der Waals surface area contributed by atoms with Crippen LogP contribution in [0.5, 0.6) is 0 Å². The second kappa shape index (κ2) is 13.2. The van der Waals surface area contributed by atoms with Gasteiger partial charge in [0.15, 0.2) is 11.4 Å². The third-order valence-electron chi connectivity index (χ3n) is 6.15. The Morgan fingerprint density at radius 1 is 1.00 bits per heavy atom. The monoisotopic (exact) mass is 562 g/mol. The predicted octanol–water partition coefficient (Wildman–Crippen LogP) is 4.54. The number of hydrogen-bond donors (Lipinski definition) is 4. The minimum absolute atomic E-state index is 0.0407. The van der Waals surface area contributed by atoms with Crippen molar-refractivity contribution in [1.82, 2.24) is 15.0 Å². The molecule has 1 aliphatic heterocycles. The molecule has 0 spiro atoms. The number of aromatic nitrogens is 2. The topological polar surface area (TPSA) is 135 Å². The zero-order valence-corrected chi connectivity index (χ0v) is 21.9. The van der Waals surface area contributed by atoms with Crippen molar-refractivity contribution in [3.63, 3.8) is 0 Å². The van der Waals surface area contributed by atoms with E-state index < -0.39 is 12.2 Å². The van der Waals surface area contributed by atoms with Crippen molar-refractivity contribution in [2.75, 3.05) is 5.32 Å². The van der Waals surface area contributed by atoms with Gasteiger partial charge in [-0.1, -0.05) is 59.6 Å². The Morgan fingerprint density at radius 2 is 1.68 bits per heavy atom. The number of halogens is 2. The third-order valence-corrected chi connectivity index (χ3v) is 6.92. The molecule has 0 aliphatic carbocycles. The molecule has 3 atom stereocenters. The lowest BCUT2D eigenvalue weighted by atomic mass is 10.00.